The summed E-state index contributed by atoms with van der Waals surface area (Å²) in [6.45, 7) is 14.2. The molecule has 1 fully saturated rings. The normalized spacial score (nSPS) is 24.3. The SMILES string of the molecule is C=CCOC12Oc3ccc(OC(=O)NCC)cc3C3C(CCCCO)C(CCCCO)C=C(C(=NOC(C)(C)C)CC1N(CCC)S(=O)(=O)c1cccc4cccnc14)C32. The van der Waals surface area contributed by atoms with Gasteiger partial charge in [0, 0.05) is 55.8 Å². The lowest BCUT2D eigenvalue weighted by molar-refractivity contribution is -0.251. The van der Waals surface area contributed by atoms with Gasteiger partial charge in [-0.05, 0) is 108 Å². The molecule has 1 amide bonds. The maximum atomic E-state index is 15.5. The van der Waals surface area contributed by atoms with E-state index in [4.69, 9.17) is 24.2 Å². The average Bonchev–Trinajstić information content (AvgIpc) is 3.22. The Kier molecular flexibility index (Phi) is 14.7. The third kappa shape index (κ3) is 9.42. The van der Waals surface area contributed by atoms with Gasteiger partial charge < -0.3 is 34.6 Å². The zero-order valence-corrected chi connectivity index (χ0v) is 36.5. The maximum Gasteiger partial charge on any atom is 0.412 e. The highest BCUT2D eigenvalue weighted by Gasteiger charge is 2.66. The molecular formula is C46H62N4O9S. The van der Waals surface area contributed by atoms with Gasteiger partial charge in [0.15, 0.2) is 0 Å². The number of carbonyl (C=O) groups is 1. The van der Waals surface area contributed by atoms with Gasteiger partial charge in [0.25, 0.3) is 0 Å². The highest BCUT2D eigenvalue weighted by molar-refractivity contribution is 7.89. The number of benzene rings is 2. The monoisotopic (exact) mass is 846 g/mol. The lowest BCUT2D eigenvalue weighted by atomic mass is 9.55. The van der Waals surface area contributed by atoms with Crippen LogP contribution in [0.2, 0.25) is 0 Å². The minimum Gasteiger partial charge on any atom is -0.460 e. The van der Waals surface area contributed by atoms with Crippen LogP contribution in [0.25, 0.3) is 10.9 Å². The lowest BCUT2D eigenvalue weighted by Gasteiger charge is -2.59. The number of aliphatic hydroxyl groups is 2. The van der Waals surface area contributed by atoms with E-state index in [2.05, 4.69) is 23.0 Å². The minimum absolute atomic E-state index is 0.00358. The first-order valence-corrected chi connectivity index (χ1v) is 22.8. The van der Waals surface area contributed by atoms with Gasteiger partial charge in [-0.3, -0.25) is 4.98 Å². The number of nitrogens with zero attached hydrogens (tertiary/aromatic N) is 3. The summed E-state index contributed by atoms with van der Waals surface area (Å²) in [5.41, 5.74) is 1.94. The number of amides is 1. The van der Waals surface area contributed by atoms with Crippen LogP contribution in [0.3, 0.4) is 0 Å². The van der Waals surface area contributed by atoms with Crippen molar-refractivity contribution in [3.05, 3.63) is 84.6 Å². The molecule has 0 bridgehead atoms. The molecular weight excluding hydrogens is 785 g/mol. The first-order valence-electron chi connectivity index (χ1n) is 21.4. The number of rotatable bonds is 19. The Labute approximate surface area is 354 Å². The molecule has 1 saturated carbocycles. The number of para-hydroxylation sites is 1. The molecule has 3 aromatic rings. The number of unbranched alkanes of at least 4 members (excludes halogenated alkanes) is 2. The molecule has 14 heteroatoms. The number of sulfonamides is 1. The molecule has 1 aliphatic heterocycles. The Morgan fingerprint density at radius 1 is 1.08 bits per heavy atom. The number of allylic oxidation sites excluding steroid dienone is 1. The van der Waals surface area contributed by atoms with E-state index in [-0.39, 0.29) is 55.4 Å². The fourth-order valence-corrected chi connectivity index (χ4v) is 11.1. The Bertz CT molecular complexity index is 2150. The molecule has 3 aliphatic rings. The van der Waals surface area contributed by atoms with Crippen molar-refractivity contribution in [2.24, 2.45) is 22.9 Å². The summed E-state index contributed by atoms with van der Waals surface area (Å²) in [6, 6.07) is 13.2. The van der Waals surface area contributed by atoms with Crippen molar-refractivity contribution in [3.8, 4) is 11.5 Å². The minimum atomic E-state index is -4.30. The second kappa shape index (κ2) is 19.6. The van der Waals surface area contributed by atoms with Crippen LogP contribution < -0.4 is 14.8 Å². The van der Waals surface area contributed by atoms with E-state index in [9.17, 15) is 15.0 Å². The number of oxime groups is 1. The molecule has 3 N–H and O–H groups in total. The molecule has 0 radical (unpaired) electrons. The van der Waals surface area contributed by atoms with Crippen LogP contribution in [-0.2, 0) is 19.6 Å². The second-order valence-electron chi connectivity index (χ2n) is 16.8. The Hall–Kier alpha value is -4.34. The fraction of sp³-hybridized carbons (Fsp3) is 0.543. The Morgan fingerprint density at radius 3 is 2.53 bits per heavy atom. The molecule has 6 atom stereocenters. The zero-order valence-electron chi connectivity index (χ0n) is 35.6. The van der Waals surface area contributed by atoms with Crippen LogP contribution in [0.5, 0.6) is 11.5 Å². The van der Waals surface area contributed by atoms with Crippen molar-refractivity contribution in [2.45, 2.75) is 114 Å². The fourth-order valence-electron chi connectivity index (χ4n) is 9.24. The van der Waals surface area contributed by atoms with Crippen LogP contribution in [0.1, 0.15) is 97.5 Å². The molecule has 1 aromatic heterocycles. The molecule has 6 unspecified atom stereocenters. The number of fused-ring (bicyclic) bond motifs is 3. The van der Waals surface area contributed by atoms with E-state index in [1.165, 1.54) is 4.31 Å². The van der Waals surface area contributed by atoms with Gasteiger partial charge in [0.1, 0.15) is 22.0 Å². The average molecular weight is 847 g/mol. The van der Waals surface area contributed by atoms with Gasteiger partial charge in [-0.15, -0.1) is 6.58 Å². The summed E-state index contributed by atoms with van der Waals surface area (Å²) < 4.78 is 52.5. The Balaban J connectivity index is 1.66. The smallest absolute Gasteiger partial charge is 0.412 e. The lowest BCUT2D eigenvalue weighted by Crippen LogP contribution is -2.70. The summed E-state index contributed by atoms with van der Waals surface area (Å²) in [5.74, 6) is -1.83. The van der Waals surface area contributed by atoms with Crippen molar-refractivity contribution in [1.29, 1.82) is 0 Å². The van der Waals surface area contributed by atoms with E-state index in [1.807, 2.05) is 52.8 Å². The quantitative estimate of drug-likeness (QED) is 0.0613. The summed E-state index contributed by atoms with van der Waals surface area (Å²) in [4.78, 5) is 23.6. The number of hydrogen-bond acceptors (Lipinski definition) is 11. The van der Waals surface area contributed by atoms with E-state index >= 15 is 8.42 Å². The van der Waals surface area contributed by atoms with E-state index in [0.717, 1.165) is 36.8 Å². The Morgan fingerprint density at radius 2 is 1.83 bits per heavy atom. The molecule has 2 aliphatic carbocycles. The van der Waals surface area contributed by atoms with Crippen LogP contribution in [0, 0.1) is 17.8 Å². The van der Waals surface area contributed by atoms with Crippen LogP contribution in [0.4, 0.5) is 4.79 Å². The van der Waals surface area contributed by atoms with E-state index in [0.29, 0.717) is 53.9 Å². The van der Waals surface area contributed by atoms with Crippen molar-refractivity contribution in [3.63, 3.8) is 0 Å². The number of ether oxygens (including phenoxy) is 3. The predicted molar refractivity (Wildman–Crippen MR) is 231 cm³/mol. The number of aromatic nitrogens is 1. The number of pyridine rings is 1. The number of nitrogens with one attached hydrogen (secondary N) is 1. The molecule has 0 spiro atoms. The summed E-state index contributed by atoms with van der Waals surface area (Å²) in [5, 5.41) is 28.1. The van der Waals surface area contributed by atoms with Crippen LogP contribution in [0.15, 0.2) is 89.1 Å². The number of aliphatic hydroxyl groups excluding tert-OH is 2. The van der Waals surface area contributed by atoms with E-state index < -0.39 is 39.5 Å². The molecule has 60 heavy (non-hydrogen) atoms. The molecule has 6 rings (SSSR count). The van der Waals surface area contributed by atoms with Gasteiger partial charge >= 0.3 is 6.09 Å². The van der Waals surface area contributed by atoms with Crippen molar-refractivity contribution in [2.75, 3.05) is 32.9 Å². The van der Waals surface area contributed by atoms with Gasteiger partial charge in [0.2, 0.25) is 15.8 Å². The third-order valence-corrected chi connectivity index (χ3v) is 13.5. The number of carbonyl (C=O) groups excluding carboxylic acids is 1. The zero-order chi connectivity index (χ0) is 43.1. The maximum absolute atomic E-state index is 15.5. The molecule has 326 valence electrons. The highest BCUT2D eigenvalue weighted by atomic mass is 32.2. The summed E-state index contributed by atoms with van der Waals surface area (Å²) in [7, 11) is -4.30. The molecule has 2 heterocycles. The second-order valence-corrected chi connectivity index (χ2v) is 18.7. The topological polar surface area (TPSA) is 169 Å². The highest BCUT2D eigenvalue weighted by Crippen LogP contribution is 2.62. The predicted octanol–water partition coefficient (Wildman–Crippen LogP) is 7.88. The molecule has 2 aromatic carbocycles. The first kappa shape index (κ1) is 45.2. The van der Waals surface area contributed by atoms with Crippen molar-refractivity contribution in [1.82, 2.24) is 14.6 Å². The van der Waals surface area contributed by atoms with E-state index in [1.54, 1.807) is 42.6 Å². The standard InChI is InChI=1S/C46H62N4O9S/c1-7-24-50(60(54,55)39-20-14-17-31-18-15-23-48-43(31)39)40-30-37(49-59-45(4,5)6)35-28-32(16-10-12-25-51)34(19-11-13-26-52)41-36-29-33(57-44(53)47-9-3)21-22-38(36)58-46(40,42(35)41)56-27-8-2/h8,14-15,17-18,20-23,28-29,32,34,40-42,51-52H,2,7,9-13,16,19,24-27,30H2,1,3-6H3,(H,47,53). The van der Waals surface area contributed by atoms with Gasteiger partial charge in [-0.2, -0.15) is 4.31 Å². The van der Waals surface area contributed by atoms with Gasteiger partial charge in [-0.1, -0.05) is 55.3 Å². The molecule has 13 nitrogen and oxygen atoms in total. The molecule has 0 saturated heterocycles. The van der Waals surface area contributed by atoms with Gasteiger partial charge in [-0.25, -0.2) is 13.2 Å². The summed E-state index contributed by atoms with van der Waals surface area (Å²) >= 11 is 0. The van der Waals surface area contributed by atoms with Gasteiger partial charge in [0.05, 0.1) is 29.8 Å². The van der Waals surface area contributed by atoms with Crippen LogP contribution in [-0.4, -0.2) is 90.1 Å². The first-order chi connectivity index (χ1) is 28.8. The summed E-state index contributed by atoms with van der Waals surface area (Å²) in [6.07, 6.45) is 9.74. The van der Waals surface area contributed by atoms with Crippen molar-refractivity contribution >= 4 is 32.7 Å². The third-order valence-electron chi connectivity index (χ3n) is 11.6. The number of hydrogen-bond donors (Lipinski definition) is 3. The van der Waals surface area contributed by atoms with Crippen LogP contribution >= 0.6 is 0 Å². The van der Waals surface area contributed by atoms with Crippen molar-refractivity contribution < 1.29 is 42.5 Å². The largest absolute Gasteiger partial charge is 0.460 e.